The summed E-state index contributed by atoms with van der Waals surface area (Å²) in [5.74, 6) is 0.979. The van der Waals surface area contributed by atoms with Crippen LogP contribution < -0.4 is 5.56 Å². The van der Waals surface area contributed by atoms with Gasteiger partial charge in [0.1, 0.15) is 11.0 Å². The highest BCUT2D eigenvalue weighted by atomic mass is 35.5. The summed E-state index contributed by atoms with van der Waals surface area (Å²) < 4.78 is 0. The molecule has 22 heavy (non-hydrogen) atoms. The number of rotatable bonds is 3. The number of fused-ring (bicyclic) bond motifs is 1. The number of hydrogen-bond donors (Lipinski definition) is 1. The van der Waals surface area contributed by atoms with Gasteiger partial charge in [0, 0.05) is 37.3 Å². The van der Waals surface area contributed by atoms with Crippen LogP contribution in [0.4, 0.5) is 0 Å². The Labute approximate surface area is 134 Å². The third kappa shape index (κ3) is 3.20. The number of pyridine rings is 1. The van der Waals surface area contributed by atoms with Crippen molar-refractivity contribution in [1.82, 2.24) is 19.9 Å². The largest absolute Gasteiger partial charge is 0.310 e. The molecule has 3 heterocycles. The molecule has 0 aromatic carbocycles. The first kappa shape index (κ1) is 15.2. The van der Waals surface area contributed by atoms with Gasteiger partial charge >= 0.3 is 0 Å². The molecule has 3 rings (SSSR count). The Kier molecular flexibility index (Phi) is 4.27. The van der Waals surface area contributed by atoms with Gasteiger partial charge in [-0.2, -0.15) is 0 Å². The molecule has 0 aliphatic carbocycles. The van der Waals surface area contributed by atoms with E-state index in [0.29, 0.717) is 11.7 Å². The van der Waals surface area contributed by atoms with Gasteiger partial charge in [0.15, 0.2) is 0 Å². The Bertz CT molecular complexity index is 724. The predicted octanol–water partition coefficient (Wildman–Crippen LogP) is 2.50. The van der Waals surface area contributed by atoms with E-state index in [1.807, 2.05) is 19.9 Å². The highest BCUT2D eigenvalue weighted by molar-refractivity contribution is 6.29. The fraction of sp³-hybridized carbons (Fsp3) is 0.438. The molecule has 0 atom stereocenters. The minimum atomic E-state index is 0.0153. The van der Waals surface area contributed by atoms with Crippen molar-refractivity contribution >= 4 is 11.6 Å². The second-order valence-electron chi connectivity index (χ2n) is 5.98. The molecule has 1 aliphatic heterocycles. The molecule has 0 amide bonds. The number of H-pyrrole nitrogens is 1. The minimum Gasteiger partial charge on any atom is -0.310 e. The summed E-state index contributed by atoms with van der Waals surface area (Å²) in [6, 6.07) is 3.78. The molecular formula is C16H19ClN4O. The van der Waals surface area contributed by atoms with Crippen molar-refractivity contribution in [2.45, 2.75) is 39.3 Å². The lowest BCUT2D eigenvalue weighted by atomic mass is 10.0. The lowest BCUT2D eigenvalue weighted by Crippen LogP contribution is -2.35. The molecule has 5 nitrogen and oxygen atoms in total. The molecule has 2 aromatic rings. The summed E-state index contributed by atoms with van der Waals surface area (Å²) in [7, 11) is 0. The maximum Gasteiger partial charge on any atom is 0.254 e. The van der Waals surface area contributed by atoms with E-state index in [1.165, 1.54) is 0 Å². The summed E-state index contributed by atoms with van der Waals surface area (Å²) in [5, 5.41) is 0.502. The van der Waals surface area contributed by atoms with E-state index in [0.717, 1.165) is 42.2 Å². The first-order valence-corrected chi connectivity index (χ1v) is 7.85. The van der Waals surface area contributed by atoms with E-state index in [-0.39, 0.29) is 11.5 Å². The Morgan fingerprint density at radius 2 is 2.23 bits per heavy atom. The van der Waals surface area contributed by atoms with Crippen LogP contribution >= 0.6 is 11.6 Å². The van der Waals surface area contributed by atoms with Gasteiger partial charge in [0.25, 0.3) is 5.56 Å². The topological polar surface area (TPSA) is 61.9 Å². The van der Waals surface area contributed by atoms with Gasteiger partial charge in [-0.05, 0) is 18.1 Å². The monoisotopic (exact) mass is 318 g/mol. The van der Waals surface area contributed by atoms with Crippen molar-refractivity contribution in [2.24, 2.45) is 0 Å². The van der Waals surface area contributed by atoms with Crippen LogP contribution in [0, 0.1) is 0 Å². The van der Waals surface area contributed by atoms with Gasteiger partial charge in [-0.1, -0.05) is 31.5 Å². The Balaban J connectivity index is 1.80. The van der Waals surface area contributed by atoms with E-state index < -0.39 is 0 Å². The molecule has 0 saturated carbocycles. The number of hydrogen-bond acceptors (Lipinski definition) is 4. The van der Waals surface area contributed by atoms with Crippen LogP contribution in [-0.4, -0.2) is 26.4 Å². The minimum absolute atomic E-state index is 0.0153. The highest BCUT2D eigenvalue weighted by Crippen LogP contribution is 2.18. The lowest BCUT2D eigenvalue weighted by Gasteiger charge is -2.27. The molecule has 116 valence electrons. The number of nitrogens with one attached hydrogen (secondary N) is 1. The second kappa shape index (κ2) is 6.18. The van der Waals surface area contributed by atoms with Gasteiger partial charge in [0.05, 0.1) is 5.69 Å². The SMILES string of the molecule is CC(C)c1nc2c(c(=O)[nH]1)CCN(Cc1ccc(Cl)nc1)C2. The third-order valence-electron chi connectivity index (χ3n) is 3.91. The average molecular weight is 319 g/mol. The molecule has 0 fully saturated rings. The van der Waals surface area contributed by atoms with E-state index in [1.54, 1.807) is 12.3 Å². The van der Waals surface area contributed by atoms with Crippen molar-refractivity contribution < 1.29 is 0 Å². The highest BCUT2D eigenvalue weighted by Gasteiger charge is 2.21. The standard InChI is InChI=1S/C16H19ClN4O/c1-10(2)15-19-13-9-21(6-5-12(13)16(22)20-15)8-11-3-4-14(17)18-7-11/h3-4,7,10H,5-6,8-9H2,1-2H3,(H,19,20,22). The maximum absolute atomic E-state index is 12.2. The van der Waals surface area contributed by atoms with Crippen LogP contribution in [0.5, 0.6) is 0 Å². The number of nitrogens with zero attached hydrogens (tertiary/aromatic N) is 3. The molecule has 0 saturated heterocycles. The predicted molar refractivity (Wildman–Crippen MR) is 86.0 cm³/mol. The van der Waals surface area contributed by atoms with E-state index in [2.05, 4.69) is 19.9 Å². The van der Waals surface area contributed by atoms with Gasteiger partial charge in [-0.15, -0.1) is 0 Å². The van der Waals surface area contributed by atoms with Gasteiger partial charge < -0.3 is 4.98 Å². The fourth-order valence-electron chi connectivity index (χ4n) is 2.68. The average Bonchev–Trinajstić information content (AvgIpc) is 2.49. The summed E-state index contributed by atoms with van der Waals surface area (Å²) in [6.07, 6.45) is 2.53. The number of aromatic amines is 1. The Hall–Kier alpha value is -1.72. The normalized spacial score (nSPS) is 15.1. The molecule has 1 aliphatic rings. The molecule has 0 bridgehead atoms. The van der Waals surface area contributed by atoms with E-state index >= 15 is 0 Å². The Morgan fingerprint density at radius 1 is 1.41 bits per heavy atom. The van der Waals surface area contributed by atoms with Crippen molar-refractivity contribution in [3.63, 3.8) is 0 Å². The summed E-state index contributed by atoms with van der Waals surface area (Å²) in [6.45, 7) is 6.40. The summed E-state index contributed by atoms with van der Waals surface area (Å²) >= 11 is 5.81. The van der Waals surface area contributed by atoms with E-state index in [4.69, 9.17) is 11.6 Å². The number of aromatic nitrogens is 3. The maximum atomic E-state index is 12.2. The fourth-order valence-corrected chi connectivity index (χ4v) is 2.79. The van der Waals surface area contributed by atoms with Crippen molar-refractivity contribution in [3.8, 4) is 0 Å². The summed E-state index contributed by atoms with van der Waals surface area (Å²) in [5.41, 5.74) is 2.86. The van der Waals surface area contributed by atoms with Gasteiger partial charge in [0.2, 0.25) is 0 Å². The zero-order valence-electron chi connectivity index (χ0n) is 12.8. The Morgan fingerprint density at radius 3 is 2.91 bits per heavy atom. The van der Waals surface area contributed by atoms with Crippen molar-refractivity contribution in [3.05, 3.63) is 56.5 Å². The van der Waals surface area contributed by atoms with Crippen LogP contribution in [0.25, 0.3) is 0 Å². The molecule has 6 heteroatoms. The van der Waals surface area contributed by atoms with Crippen molar-refractivity contribution in [2.75, 3.05) is 6.54 Å². The molecule has 2 aromatic heterocycles. The molecular weight excluding hydrogens is 300 g/mol. The quantitative estimate of drug-likeness (QED) is 0.883. The van der Waals surface area contributed by atoms with Crippen LogP contribution in [0.2, 0.25) is 5.15 Å². The van der Waals surface area contributed by atoms with Crippen LogP contribution in [-0.2, 0) is 19.5 Å². The smallest absolute Gasteiger partial charge is 0.254 e. The van der Waals surface area contributed by atoms with Crippen LogP contribution in [0.1, 0.15) is 42.4 Å². The zero-order chi connectivity index (χ0) is 15.7. The zero-order valence-corrected chi connectivity index (χ0v) is 13.5. The van der Waals surface area contributed by atoms with Crippen LogP contribution in [0.15, 0.2) is 23.1 Å². The molecule has 0 spiro atoms. The van der Waals surface area contributed by atoms with Crippen LogP contribution in [0.3, 0.4) is 0 Å². The van der Waals surface area contributed by atoms with Crippen molar-refractivity contribution in [1.29, 1.82) is 0 Å². The first-order chi connectivity index (χ1) is 10.5. The summed E-state index contributed by atoms with van der Waals surface area (Å²) in [4.78, 5) is 26.1. The van der Waals surface area contributed by atoms with Gasteiger partial charge in [-0.25, -0.2) is 9.97 Å². The molecule has 0 unspecified atom stereocenters. The second-order valence-corrected chi connectivity index (χ2v) is 6.37. The first-order valence-electron chi connectivity index (χ1n) is 7.47. The number of halogens is 1. The molecule has 0 radical (unpaired) electrons. The molecule has 1 N–H and O–H groups in total. The lowest BCUT2D eigenvalue weighted by molar-refractivity contribution is 0.239. The van der Waals surface area contributed by atoms with Gasteiger partial charge in [-0.3, -0.25) is 9.69 Å². The van der Waals surface area contributed by atoms with E-state index in [9.17, 15) is 4.79 Å². The third-order valence-corrected chi connectivity index (χ3v) is 4.14.